The summed E-state index contributed by atoms with van der Waals surface area (Å²) in [5.74, 6) is 0. The topological polar surface area (TPSA) is 76.1 Å². The Morgan fingerprint density at radius 2 is 2.00 bits per heavy atom. The molecule has 5 heteroatoms. The summed E-state index contributed by atoms with van der Waals surface area (Å²) < 4.78 is 1.85. The van der Waals surface area contributed by atoms with Gasteiger partial charge < -0.3 is 16.2 Å². The molecule has 0 fully saturated rings. The molecule has 0 aliphatic rings. The Kier molecular flexibility index (Phi) is 5.74. The van der Waals surface area contributed by atoms with Crippen molar-refractivity contribution < 1.29 is 5.11 Å². The van der Waals surface area contributed by atoms with Crippen molar-refractivity contribution in [3.63, 3.8) is 0 Å². The van der Waals surface area contributed by atoms with Gasteiger partial charge in [0.2, 0.25) is 0 Å². The van der Waals surface area contributed by atoms with Gasteiger partial charge in [-0.25, -0.2) is 0 Å². The molecule has 0 saturated heterocycles. The first-order chi connectivity index (χ1) is 9.15. The molecule has 3 atom stereocenters. The monoisotopic (exact) mass is 282 g/mol. The third-order valence-electron chi connectivity index (χ3n) is 3.36. The quantitative estimate of drug-likeness (QED) is 0.738. The van der Waals surface area contributed by atoms with Crippen molar-refractivity contribution >= 4 is 0 Å². The van der Waals surface area contributed by atoms with Crippen LogP contribution in [-0.2, 0) is 12.5 Å². The fourth-order valence-corrected chi connectivity index (χ4v) is 2.55. The van der Waals surface area contributed by atoms with Gasteiger partial charge in [-0.1, -0.05) is 20.8 Å². The van der Waals surface area contributed by atoms with Crippen LogP contribution in [0, 0.1) is 0 Å². The second kappa shape index (κ2) is 6.70. The number of aliphatic hydroxyl groups excluding tert-OH is 1. The van der Waals surface area contributed by atoms with E-state index < -0.39 is 0 Å². The lowest BCUT2D eigenvalue weighted by Crippen LogP contribution is -2.37. The van der Waals surface area contributed by atoms with Gasteiger partial charge in [0.15, 0.2) is 0 Å². The summed E-state index contributed by atoms with van der Waals surface area (Å²) in [7, 11) is 1.94. The first-order valence-corrected chi connectivity index (χ1v) is 7.33. The highest BCUT2D eigenvalue weighted by molar-refractivity contribution is 5.27. The average Bonchev–Trinajstić information content (AvgIpc) is 2.66. The molecule has 0 saturated carbocycles. The van der Waals surface area contributed by atoms with Gasteiger partial charge in [-0.15, -0.1) is 0 Å². The Bertz CT molecular complexity index is 420. The number of nitrogens with zero attached hydrogens (tertiary/aromatic N) is 2. The molecule has 0 radical (unpaired) electrons. The van der Waals surface area contributed by atoms with Crippen LogP contribution in [0.2, 0.25) is 0 Å². The van der Waals surface area contributed by atoms with E-state index in [-0.39, 0.29) is 23.6 Å². The van der Waals surface area contributed by atoms with Crippen molar-refractivity contribution in [3.05, 3.63) is 17.5 Å². The predicted octanol–water partition coefficient (Wildman–Crippen LogP) is 1.47. The standard InChI is InChI=1S/C15H30N4O/c1-10(7-11(2)20)17-13(8-16)12-9-19(6)18-14(12)15(3,4)5/h9-11,13,17,20H,7-8,16H2,1-6H3. The van der Waals surface area contributed by atoms with Crippen LogP contribution >= 0.6 is 0 Å². The molecule has 0 aliphatic carbocycles. The van der Waals surface area contributed by atoms with E-state index in [1.54, 1.807) is 6.92 Å². The van der Waals surface area contributed by atoms with Crippen molar-refractivity contribution in [1.82, 2.24) is 15.1 Å². The second-order valence-corrected chi connectivity index (χ2v) is 6.80. The van der Waals surface area contributed by atoms with E-state index in [0.717, 1.165) is 11.3 Å². The second-order valence-electron chi connectivity index (χ2n) is 6.80. The van der Waals surface area contributed by atoms with E-state index >= 15 is 0 Å². The van der Waals surface area contributed by atoms with Gasteiger partial charge in [-0.05, 0) is 20.3 Å². The Hall–Kier alpha value is -0.910. The average molecular weight is 282 g/mol. The molecule has 0 aromatic carbocycles. The maximum absolute atomic E-state index is 9.48. The third kappa shape index (κ3) is 4.58. The number of nitrogens with two attached hydrogens (primary N) is 1. The highest BCUT2D eigenvalue weighted by atomic mass is 16.3. The molecular weight excluding hydrogens is 252 g/mol. The Labute approximate surface area is 122 Å². The molecule has 0 spiro atoms. The normalized spacial score (nSPS) is 17.0. The van der Waals surface area contributed by atoms with Crippen LogP contribution in [0.1, 0.15) is 58.3 Å². The smallest absolute Gasteiger partial charge is 0.0726 e. The summed E-state index contributed by atoms with van der Waals surface area (Å²) in [5.41, 5.74) is 8.16. The fourth-order valence-electron chi connectivity index (χ4n) is 2.55. The zero-order valence-corrected chi connectivity index (χ0v) is 13.6. The van der Waals surface area contributed by atoms with Gasteiger partial charge >= 0.3 is 0 Å². The molecule has 0 amide bonds. The van der Waals surface area contributed by atoms with Crippen LogP contribution in [0.5, 0.6) is 0 Å². The minimum absolute atomic E-state index is 0.0147. The molecule has 1 aromatic rings. The lowest BCUT2D eigenvalue weighted by atomic mass is 9.87. The minimum Gasteiger partial charge on any atom is -0.393 e. The number of hydrogen-bond donors (Lipinski definition) is 3. The van der Waals surface area contributed by atoms with Crippen LogP contribution in [0.3, 0.4) is 0 Å². The lowest BCUT2D eigenvalue weighted by molar-refractivity contribution is 0.168. The van der Waals surface area contributed by atoms with E-state index in [1.165, 1.54) is 0 Å². The molecule has 0 bridgehead atoms. The molecule has 0 aliphatic heterocycles. The van der Waals surface area contributed by atoms with E-state index in [9.17, 15) is 5.11 Å². The third-order valence-corrected chi connectivity index (χ3v) is 3.36. The zero-order chi connectivity index (χ0) is 15.5. The first-order valence-electron chi connectivity index (χ1n) is 7.33. The molecule has 1 rings (SSSR count). The summed E-state index contributed by atoms with van der Waals surface area (Å²) in [6.07, 6.45) is 2.44. The molecule has 1 heterocycles. The molecule has 3 unspecified atom stereocenters. The number of aryl methyl sites for hydroxylation is 1. The van der Waals surface area contributed by atoms with Crippen molar-refractivity contribution in [3.8, 4) is 0 Å². The molecular formula is C15H30N4O. The van der Waals surface area contributed by atoms with E-state index in [2.05, 4.69) is 38.1 Å². The molecule has 4 N–H and O–H groups in total. The van der Waals surface area contributed by atoms with Gasteiger partial charge in [0.1, 0.15) is 0 Å². The predicted molar refractivity (Wildman–Crippen MR) is 82.6 cm³/mol. The van der Waals surface area contributed by atoms with Gasteiger partial charge in [-0.2, -0.15) is 5.10 Å². The van der Waals surface area contributed by atoms with Crippen molar-refractivity contribution in [2.75, 3.05) is 6.54 Å². The highest BCUT2D eigenvalue weighted by Gasteiger charge is 2.26. The van der Waals surface area contributed by atoms with E-state index in [4.69, 9.17) is 5.73 Å². The number of hydrogen-bond acceptors (Lipinski definition) is 4. The van der Waals surface area contributed by atoms with Gasteiger partial charge in [0, 0.05) is 42.9 Å². The summed E-state index contributed by atoms with van der Waals surface area (Å²) in [5, 5.41) is 17.6. The van der Waals surface area contributed by atoms with Crippen LogP contribution < -0.4 is 11.1 Å². The Balaban J connectivity index is 2.95. The van der Waals surface area contributed by atoms with Crippen molar-refractivity contribution in [2.45, 2.75) is 64.6 Å². The largest absolute Gasteiger partial charge is 0.393 e. The van der Waals surface area contributed by atoms with E-state index in [1.807, 2.05) is 17.9 Å². The maximum Gasteiger partial charge on any atom is 0.0726 e. The van der Waals surface area contributed by atoms with Crippen LogP contribution in [0.15, 0.2) is 6.20 Å². The number of rotatable bonds is 6. The molecule has 116 valence electrons. The van der Waals surface area contributed by atoms with Crippen molar-refractivity contribution in [1.29, 1.82) is 0 Å². The fraction of sp³-hybridized carbons (Fsp3) is 0.800. The highest BCUT2D eigenvalue weighted by Crippen LogP contribution is 2.28. The SMILES string of the molecule is CC(O)CC(C)NC(CN)c1cn(C)nc1C(C)(C)C. The zero-order valence-electron chi connectivity index (χ0n) is 13.6. The first kappa shape index (κ1) is 17.1. The Morgan fingerprint density at radius 1 is 1.40 bits per heavy atom. The summed E-state index contributed by atoms with van der Waals surface area (Å²) >= 11 is 0. The Morgan fingerprint density at radius 3 is 2.45 bits per heavy atom. The number of aromatic nitrogens is 2. The van der Waals surface area contributed by atoms with Gasteiger partial charge in [-0.3, -0.25) is 4.68 Å². The summed E-state index contributed by atoms with van der Waals surface area (Å²) in [4.78, 5) is 0. The van der Waals surface area contributed by atoms with E-state index in [0.29, 0.717) is 13.0 Å². The molecule has 5 nitrogen and oxygen atoms in total. The van der Waals surface area contributed by atoms with Crippen LogP contribution in [-0.4, -0.2) is 33.6 Å². The molecule has 1 aromatic heterocycles. The van der Waals surface area contributed by atoms with Gasteiger partial charge in [0.05, 0.1) is 11.8 Å². The van der Waals surface area contributed by atoms with Crippen LogP contribution in [0.25, 0.3) is 0 Å². The maximum atomic E-state index is 9.48. The summed E-state index contributed by atoms with van der Waals surface area (Å²) in [6.45, 7) is 10.9. The minimum atomic E-state index is -0.313. The summed E-state index contributed by atoms with van der Waals surface area (Å²) in [6, 6.07) is 0.267. The number of nitrogens with one attached hydrogen (secondary N) is 1. The molecule has 20 heavy (non-hydrogen) atoms. The van der Waals surface area contributed by atoms with Gasteiger partial charge in [0.25, 0.3) is 0 Å². The van der Waals surface area contributed by atoms with Crippen molar-refractivity contribution in [2.24, 2.45) is 12.8 Å². The van der Waals surface area contributed by atoms with Crippen LogP contribution in [0.4, 0.5) is 0 Å². The number of aliphatic hydroxyl groups is 1. The lowest BCUT2D eigenvalue weighted by Gasteiger charge is -2.26.